The van der Waals surface area contributed by atoms with Crippen LogP contribution in [0, 0.1) is 6.92 Å². The first kappa shape index (κ1) is 17.1. The number of piperazine rings is 1. The molecule has 2 aliphatic heterocycles. The van der Waals surface area contributed by atoms with Gasteiger partial charge in [-0.05, 0) is 37.1 Å². The summed E-state index contributed by atoms with van der Waals surface area (Å²) in [4.78, 5) is 9.73. The third-order valence-corrected chi connectivity index (χ3v) is 5.45. The number of para-hydroxylation sites is 1. The lowest BCUT2D eigenvalue weighted by atomic mass is 10.1. The van der Waals surface area contributed by atoms with Gasteiger partial charge in [-0.15, -0.1) is 0 Å². The van der Waals surface area contributed by atoms with Gasteiger partial charge in [0, 0.05) is 44.0 Å². The molecular formula is C22H28N4. The van der Waals surface area contributed by atoms with E-state index >= 15 is 0 Å². The highest BCUT2D eigenvalue weighted by molar-refractivity contribution is 6.01. The van der Waals surface area contributed by atoms with Crippen LogP contribution in [0.3, 0.4) is 0 Å². The van der Waals surface area contributed by atoms with Gasteiger partial charge in [-0.25, -0.2) is 0 Å². The fourth-order valence-corrected chi connectivity index (χ4v) is 3.93. The number of rotatable bonds is 5. The molecule has 136 valence electrons. The number of hydrogen-bond acceptors (Lipinski definition) is 4. The highest BCUT2D eigenvalue weighted by Crippen LogP contribution is 2.21. The van der Waals surface area contributed by atoms with Gasteiger partial charge in [0.05, 0.1) is 6.54 Å². The zero-order chi connectivity index (χ0) is 17.8. The zero-order valence-electron chi connectivity index (χ0n) is 15.6. The van der Waals surface area contributed by atoms with Crippen LogP contribution >= 0.6 is 0 Å². The summed E-state index contributed by atoms with van der Waals surface area (Å²) in [7, 11) is 0. The fraction of sp³-hybridized carbons (Fsp3) is 0.409. The standard InChI is InChI=1S/C22H28N4/c1-18-7-2-5-10-21(18)26-15-13-25(14-16-26)12-6-11-23-22-20-9-4-3-8-19(20)17-24-22/h2-5,7-10H,6,11-17H2,1H3,(H,23,24). The SMILES string of the molecule is Cc1ccccc1N1CCN(CCCNC2=NCc3ccccc32)CC1. The average Bonchev–Trinajstić information content (AvgIpc) is 3.09. The fourth-order valence-electron chi connectivity index (χ4n) is 3.93. The Morgan fingerprint density at radius 3 is 2.58 bits per heavy atom. The van der Waals surface area contributed by atoms with Gasteiger partial charge in [-0.1, -0.05) is 42.5 Å². The van der Waals surface area contributed by atoms with Crippen molar-refractivity contribution in [1.82, 2.24) is 10.2 Å². The molecule has 1 saturated heterocycles. The number of anilines is 1. The first-order valence-corrected chi connectivity index (χ1v) is 9.71. The number of aryl methyl sites for hydroxylation is 1. The Balaban J connectivity index is 1.19. The van der Waals surface area contributed by atoms with Crippen LogP contribution in [0.4, 0.5) is 5.69 Å². The van der Waals surface area contributed by atoms with Crippen LogP contribution in [0.1, 0.15) is 23.1 Å². The smallest absolute Gasteiger partial charge is 0.128 e. The van der Waals surface area contributed by atoms with Crippen LogP contribution in [-0.2, 0) is 6.54 Å². The molecular weight excluding hydrogens is 320 g/mol. The minimum atomic E-state index is 0.819. The van der Waals surface area contributed by atoms with Crippen LogP contribution in [0.2, 0.25) is 0 Å². The maximum atomic E-state index is 4.62. The van der Waals surface area contributed by atoms with Gasteiger partial charge in [-0.3, -0.25) is 9.89 Å². The lowest BCUT2D eigenvalue weighted by Gasteiger charge is -2.36. The molecule has 1 fully saturated rings. The quantitative estimate of drug-likeness (QED) is 0.843. The molecule has 26 heavy (non-hydrogen) atoms. The van der Waals surface area contributed by atoms with E-state index in [1.807, 2.05) is 0 Å². The molecule has 0 amide bonds. The van der Waals surface area contributed by atoms with Crippen molar-refractivity contribution in [2.24, 2.45) is 4.99 Å². The van der Waals surface area contributed by atoms with Crippen LogP contribution in [-0.4, -0.2) is 50.0 Å². The summed E-state index contributed by atoms with van der Waals surface area (Å²) in [6.45, 7) is 9.72. The minimum Gasteiger partial charge on any atom is -0.370 e. The Morgan fingerprint density at radius 1 is 0.962 bits per heavy atom. The van der Waals surface area contributed by atoms with Crippen LogP contribution in [0.15, 0.2) is 53.5 Å². The number of hydrogen-bond donors (Lipinski definition) is 1. The number of nitrogens with one attached hydrogen (secondary N) is 1. The molecule has 0 aromatic heterocycles. The number of benzene rings is 2. The van der Waals surface area contributed by atoms with Gasteiger partial charge < -0.3 is 10.2 Å². The molecule has 0 spiro atoms. The second-order valence-electron chi connectivity index (χ2n) is 7.22. The summed E-state index contributed by atoms with van der Waals surface area (Å²) in [6, 6.07) is 17.2. The molecule has 0 unspecified atom stereocenters. The number of aliphatic imine (C=N–C) groups is 1. The zero-order valence-corrected chi connectivity index (χ0v) is 15.6. The number of fused-ring (bicyclic) bond motifs is 1. The summed E-state index contributed by atoms with van der Waals surface area (Å²) < 4.78 is 0. The van der Waals surface area contributed by atoms with Crippen molar-refractivity contribution >= 4 is 11.5 Å². The van der Waals surface area contributed by atoms with E-state index in [1.165, 1.54) is 22.4 Å². The summed E-state index contributed by atoms with van der Waals surface area (Å²) in [6.07, 6.45) is 1.16. The molecule has 4 nitrogen and oxygen atoms in total. The van der Waals surface area contributed by atoms with Crippen LogP contribution < -0.4 is 10.2 Å². The first-order valence-electron chi connectivity index (χ1n) is 9.71. The van der Waals surface area contributed by atoms with Gasteiger partial charge in [0.25, 0.3) is 0 Å². The Morgan fingerprint density at radius 2 is 1.73 bits per heavy atom. The van der Waals surface area contributed by atoms with E-state index in [0.717, 1.165) is 58.1 Å². The molecule has 4 rings (SSSR count). The number of amidine groups is 1. The monoisotopic (exact) mass is 348 g/mol. The normalized spacial score (nSPS) is 17.1. The van der Waals surface area contributed by atoms with Gasteiger partial charge in [0.15, 0.2) is 0 Å². The topological polar surface area (TPSA) is 30.9 Å². The van der Waals surface area contributed by atoms with Crippen LogP contribution in [0.5, 0.6) is 0 Å². The van der Waals surface area contributed by atoms with Gasteiger partial charge >= 0.3 is 0 Å². The van der Waals surface area contributed by atoms with Gasteiger partial charge in [0.2, 0.25) is 0 Å². The highest BCUT2D eigenvalue weighted by Gasteiger charge is 2.18. The van der Waals surface area contributed by atoms with E-state index in [2.05, 4.69) is 75.6 Å². The predicted molar refractivity (Wildman–Crippen MR) is 109 cm³/mol. The Bertz CT molecular complexity index is 775. The summed E-state index contributed by atoms with van der Waals surface area (Å²) in [5.74, 6) is 1.07. The first-order chi connectivity index (χ1) is 12.8. The molecule has 0 bridgehead atoms. The minimum absolute atomic E-state index is 0.819. The Labute approximate surface area is 156 Å². The summed E-state index contributed by atoms with van der Waals surface area (Å²) in [5.41, 5.74) is 5.39. The number of nitrogens with zero attached hydrogens (tertiary/aromatic N) is 3. The Hall–Kier alpha value is -2.33. The second kappa shape index (κ2) is 7.92. The highest BCUT2D eigenvalue weighted by atomic mass is 15.3. The van der Waals surface area contributed by atoms with E-state index in [9.17, 15) is 0 Å². The lowest BCUT2D eigenvalue weighted by molar-refractivity contribution is 0.255. The Kier molecular flexibility index (Phi) is 5.21. The largest absolute Gasteiger partial charge is 0.370 e. The molecule has 4 heteroatoms. The van der Waals surface area contributed by atoms with Crippen LogP contribution in [0.25, 0.3) is 0 Å². The second-order valence-corrected chi connectivity index (χ2v) is 7.22. The maximum absolute atomic E-state index is 4.62. The van der Waals surface area contributed by atoms with E-state index in [0.29, 0.717) is 0 Å². The molecule has 2 aliphatic rings. The van der Waals surface area contributed by atoms with E-state index in [-0.39, 0.29) is 0 Å². The van der Waals surface area contributed by atoms with Gasteiger partial charge in [0.1, 0.15) is 5.84 Å². The van der Waals surface area contributed by atoms with E-state index in [4.69, 9.17) is 0 Å². The van der Waals surface area contributed by atoms with E-state index in [1.54, 1.807) is 0 Å². The molecule has 0 radical (unpaired) electrons. The molecule has 2 heterocycles. The third-order valence-electron chi connectivity index (χ3n) is 5.45. The summed E-state index contributed by atoms with van der Waals surface area (Å²) in [5, 5.41) is 3.53. The summed E-state index contributed by atoms with van der Waals surface area (Å²) >= 11 is 0. The van der Waals surface area contributed by atoms with E-state index < -0.39 is 0 Å². The molecule has 2 aromatic rings. The van der Waals surface area contributed by atoms with Crippen molar-refractivity contribution in [1.29, 1.82) is 0 Å². The molecule has 0 saturated carbocycles. The third kappa shape index (κ3) is 3.75. The molecule has 0 aliphatic carbocycles. The molecule has 0 atom stereocenters. The predicted octanol–water partition coefficient (Wildman–Crippen LogP) is 3.06. The maximum Gasteiger partial charge on any atom is 0.128 e. The van der Waals surface area contributed by atoms with Crippen molar-refractivity contribution in [3.63, 3.8) is 0 Å². The van der Waals surface area contributed by atoms with Crippen molar-refractivity contribution in [2.45, 2.75) is 19.9 Å². The van der Waals surface area contributed by atoms with Crippen molar-refractivity contribution in [2.75, 3.05) is 44.2 Å². The van der Waals surface area contributed by atoms with Crippen molar-refractivity contribution < 1.29 is 0 Å². The average molecular weight is 348 g/mol. The molecule has 1 N–H and O–H groups in total. The van der Waals surface area contributed by atoms with Crippen molar-refractivity contribution in [3.05, 3.63) is 65.2 Å². The molecule has 2 aromatic carbocycles. The van der Waals surface area contributed by atoms with Gasteiger partial charge in [-0.2, -0.15) is 0 Å². The lowest BCUT2D eigenvalue weighted by Crippen LogP contribution is -2.47. The van der Waals surface area contributed by atoms with Crippen molar-refractivity contribution in [3.8, 4) is 0 Å².